The van der Waals surface area contributed by atoms with Crippen LogP contribution in [-0.4, -0.2) is 11.5 Å². The van der Waals surface area contributed by atoms with Crippen LogP contribution < -0.4 is 4.74 Å². The topological polar surface area (TPSA) is 39.2 Å². The Morgan fingerprint density at radius 3 is 3.00 bits per heavy atom. The molecule has 3 heteroatoms. The van der Waals surface area contributed by atoms with Crippen LogP contribution in [0.4, 0.5) is 0 Å². The van der Waals surface area contributed by atoms with Gasteiger partial charge in [0.05, 0.1) is 11.7 Å². The Kier molecular flexibility index (Phi) is 1.92. The third-order valence-electron chi connectivity index (χ3n) is 1.72. The summed E-state index contributed by atoms with van der Waals surface area (Å²) in [6.45, 7) is 1.36. The molecule has 1 heterocycles. The molecule has 0 amide bonds. The highest BCUT2D eigenvalue weighted by Crippen LogP contribution is 2.16. The molecule has 13 heavy (non-hydrogen) atoms. The van der Waals surface area contributed by atoms with Gasteiger partial charge in [-0.3, -0.25) is 4.98 Å². The molecule has 63 valence electrons. The second-order valence-electron chi connectivity index (χ2n) is 2.55. The molecule has 0 aliphatic heterocycles. The molecule has 1 radical (unpaired) electrons. The summed E-state index contributed by atoms with van der Waals surface area (Å²) in [4.78, 5) is 14.0. The quantitative estimate of drug-likeness (QED) is 0.691. The van der Waals surface area contributed by atoms with Crippen molar-refractivity contribution < 1.29 is 9.53 Å². The molecule has 0 aliphatic carbocycles. The van der Waals surface area contributed by atoms with Crippen LogP contribution in [-0.2, 0) is 4.79 Å². The van der Waals surface area contributed by atoms with E-state index in [4.69, 9.17) is 0 Å². The lowest BCUT2D eigenvalue weighted by molar-refractivity contribution is 0.442. The fraction of sp³-hybridized carbons (Fsp3) is 0. The van der Waals surface area contributed by atoms with Gasteiger partial charge in [-0.2, -0.15) is 0 Å². The Hall–Kier alpha value is -1.90. The van der Waals surface area contributed by atoms with Gasteiger partial charge in [-0.25, -0.2) is 4.79 Å². The van der Waals surface area contributed by atoms with E-state index in [0.29, 0.717) is 5.75 Å². The van der Waals surface area contributed by atoms with E-state index in [-0.39, 0.29) is 0 Å². The number of carbonyl (C=O) groups excluding carboxylic acids is 1. The minimum atomic E-state index is 0.411. The van der Waals surface area contributed by atoms with E-state index in [1.54, 1.807) is 6.07 Å². The van der Waals surface area contributed by atoms with Crippen LogP contribution in [0.3, 0.4) is 0 Å². The molecule has 0 N–H and O–H groups in total. The van der Waals surface area contributed by atoms with Crippen LogP contribution in [0.5, 0.6) is 5.75 Å². The maximum Gasteiger partial charge on any atom is 0.423 e. The van der Waals surface area contributed by atoms with E-state index in [0.717, 1.165) is 10.9 Å². The number of rotatable bonds is 2. The van der Waals surface area contributed by atoms with Gasteiger partial charge < -0.3 is 4.74 Å². The summed E-state index contributed by atoms with van der Waals surface area (Å²) in [6, 6.07) is 9.34. The number of fused-ring (bicyclic) bond motifs is 1. The lowest BCUT2D eigenvalue weighted by Gasteiger charge is -1.98. The Labute approximate surface area is 75.0 Å². The average Bonchev–Trinajstić information content (AvgIpc) is 2.18. The molecule has 0 saturated heterocycles. The molecule has 0 atom stereocenters. The standard InChI is InChI=1S/C10H6NO2/c12-7-13-9-5-8-3-1-2-4-10(8)11-6-9/h1-6H. The first-order valence-corrected chi connectivity index (χ1v) is 3.79. The van der Waals surface area contributed by atoms with Crippen molar-refractivity contribution in [1.82, 2.24) is 4.98 Å². The summed E-state index contributed by atoms with van der Waals surface area (Å²) >= 11 is 0. The number of nitrogens with zero attached hydrogens (tertiary/aromatic N) is 1. The summed E-state index contributed by atoms with van der Waals surface area (Å²) < 4.78 is 4.55. The number of hydrogen-bond acceptors (Lipinski definition) is 3. The zero-order valence-corrected chi connectivity index (χ0v) is 6.73. The van der Waals surface area contributed by atoms with Crippen LogP contribution in [0.1, 0.15) is 0 Å². The Bertz CT molecular complexity index is 440. The van der Waals surface area contributed by atoms with Gasteiger partial charge in [0, 0.05) is 5.39 Å². The van der Waals surface area contributed by atoms with E-state index in [9.17, 15) is 4.79 Å². The highest BCUT2D eigenvalue weighted by molar-refractivity contribution is 5.79. The Morgan fingerprint density at radius 1 is 1.31 bits per heavy atom. The van der Waals surface area contributed by atoms with E-state index in [2.05, 4.69) is 9.72 Å². The highest BCUT2D eigenvalue weighted by atomic mass is 16.5. The minimum Gasteiger partial charge on any atom is -0.416 e. The number of aromatic nitrogens is 1. The molecule has 1 aromatic heterocycles. The number of para-hydroxylation sites is 1. The molecular formula is C10H6NO2. The van der Waals surface area contributed by atoms with Crippen molar-refractivity contribution in [2.24, 2.45) is 0 Å². The molecule has 2 rings (SSSR count). The number of hydrogen-bond donors (Lipinski definition) is 0. The zero-order chi connectivity index (χ0) is 9.10. The number of benzene rings is 1. The van der Waals surface area contributed by atoms with Crippen molar-refractivity contribution in [3.63, 3.8) is 0 Å². The first-order chi connectivity index (χ1) is 6.40. The predicted molar refractivity (Wildman–Crippen MR) is 48.1 cm³/mol. The van der Waals surface area contributed by atoms with Gasteiger partial charge in [-0.05, 0) is 12.1 Å². The Morgan fingerprint density at radius 2 is 2.15 bits per heavy atom. The Balaban J connectivity index is 2.55. The van der Waals surface area contributed by atoms with Crippen LogP contribution in [0, 0.1) is 0 Å². The number of pyridine rings is 1. The maximum atomic E-state index is 9.94. The van der Waals surface area contributed by atoms with Gasteiger partial charge in [0.1, 0.15) is 5.75 Å². The number of ether oxygens (including phenoxy) is 1. The van der Waals surface area contributed by atoms with Crippen LogP contribution in [0.25, 0.3) is 10.9 Å². The summed E-state index contributed by atoms with van der Waals surface area (Å²) in [5.41, 5.74) is 0.876. The molecule has 0 fully saturated rings. The van der Waals surface area contributed by atoms with Crippen molar-refractivity contribution in [3.05, 3.63) is 36.5 Å². The fourth-order valence-corrected chi connectivity index (χ4v) is 1.15. The fourth-order valence-electron chi connectivity index (χ4n) is 1.15. The molecule has 2 aromatic rings. The van der Waals surface area contributed by atoms with E-state index in [1.807, 2.05) is 24.3 Å². The summed E-state index contributed by atoms with van der Waals surface area (Å²) in [5.74, 6) is 0.411. The van der Waals surface area contributed by atoms with Gasteiger partial charge in [-0.15, -0.1) is 0 Å². The summed E-state index contributed by atoms with van der Waals surface area (Å²) in [6.07, 6.45) is 1.49. The monoisotopic (exact) mass is 172 g/mol. The van der Waals surface area contributed by atoms with Crippen molar-refractivity contribution in [3.8, 4) is 5.75 Å². The van der Waals surface area contributed by atoms with E-state index < -0.39 is 0 Å². The second kappa shape index (κ2) is 3.23. The van der Waals surface area contributed by atoms with Crippen molar-refractivity contribution >= 4 is 17.4 Å². The van der Waals surface area contributed by atoms with Gasteiger partial charge in [-0.1, -0.05) is 18.2 Å². The van der Waals surface area contributed by atoms with Crippen LogP contribution >= 0.6 is 0 Å². The lowest BCUT2D eigenvalue weighted by Crippen LogP contribution is -1.89. The lowest BCUT2D eigenvalue weighted by atomic mass is 10.2. The van der Waals surface area contributed by atoms with Gasteiger partial charge in [0.2, 0.25) is 0 Å². The molecular weight excluding hydrogens is 166 g/mol. The second-order valence-corrected chi connectivity index (χ2v) is 2.55. The zero-order valence-electron chi connectivity index (χ0n) is 6.73. The first kappa shape index (κ1) is 7.73. The summed E-state index contributed by atoms with van der Waals surface area (Å²) in [7, 11) is 0. The third kappa shape index (κ3) is 1.49. The molecule has 1 aromatic carbocycles. The minimum absolute atomic E-state index is 0.411. The molecule has 0 saturated carbocycles. The van der Waals surface area contributed by atoms with E-state index in [1.165, 1.54) is 12.7 Å². The molecule has 0 unspecified atom stereocenters. The highest BCUT2D eigenvalue weighted by Gasteiger charge is 1.96. The molecule has 3 nitrogen and oxygen atoms in total. The van der Waals surface area contributed by atoms with Crippen LogP contribution in [0.15, 0.2) is 36.5 Å². The van der Waals surface area contributed by atoms with Crippen LogP contribution in [0.2, 0.25) is 0 Å². The SMILES string of the molecule is O=[C]Oc1cnc2ccccc2c1. The van der Waals surface area contributed by atoms with Crippen molar-refractivity contribution in [2.45, 2.75) is 0 Å². The molecule has 0 bridgehead atoms. The van der Waals surface area contributed by atoms with Gasteiger partial charge in [0.25, 0.3) is 0 Å². The smallest absolute Gasteiger partial charge is 0.416 e. The van der Waals surface area contributed by atoms with E-state index >= 15 is 0 Å². The average molecular weight is 172 g/mol. The van der Waals surface area contributed by atoms with Gasteiger partial charge in [0.15, 0.2) is 0 Å². The molecule has 0 aliphatic rings. The van der Waals surface area contributed by atoms with Gasteiger partial charge >= 0.3 is 6.47 Å². The largest absolute Gasteiger partial charge is 0.423 e. The summed E-state index contributed by atoms with van der Waals surface area (Å²) in [5, 5.41) is 0.940. The third-order valence-corrected chi connectivity index (χ3v) is 1.72. The van der Waals surface area contributed by atoms with Crippen molar-refractivity contribution in [1.29, 1.82) is 0 Å². The predicted octanol–water partition coefficient (Wildman–Crippen LogP) is 1.68. The van der Waals surface area contributed by atoms with Crippen molar-refractivity contribution in [2.75, 3.05) is 0 Å². The normalized spacial score (nSPS) is 9.85. The maximum absolute atomic E-state index is 9.94. The first-order valence-electron chi connectivity index (χ1n) is 3.79. The molecule has 0 spiro atoms.